The van der Waals surface area contributed by atoms with Gasteiger partial charge in [-0.1, -0.05) is 30.5 Å². The van der Waals surface area contributed by atoms with E-state index in [1.54, 1.807) is 11.3 Å². The van der Waals surface area contributed by atoms with E-state index in [-0.39, 0.29) is 5.91 Å². The van der Waals surface area contributed by atoms with Crippen LogP contribution < -0.4 is 5.32 Å². The van der Waals surface area contributed by atoms with Gasteiger partial charge in [0.15, 0.2) is 0 Å². The summed E-state index contributed by atoms with van der Waals surface area (Å²) in [5.41, 5.74) is 2.32. The Labute approximate surface area is 161 Å². The van der Waals surface area contributed by atoms with Gasteiger partial charge in [0.1, 0.15) is 0 Å². The third kappa shape index (κ3) is 4.04. The number of nitrogens with zero attached hydrogens (tertiary/aromatic N) is 2. The number of ether oxygens (including phenoxy) is 1. The highest BCUT2D eigenvalue weighted by atomic mass is 32.1. The van der Waals surface area contributed by atoms with Crippen LogP contribution in [0.3, 0.4) is 0 Å². The van der Waals surface area contributed by atoms with Gasteiger partial charge in [-0.05, 0) is 37.3 Å². The standard InChI is InChI=1S/C20H23N3O3S/c1-13-18-15(19(24)21-9-10-25-14-6-3-2-4-7-14)12-16(17-8-5-11-27-17)22-20(18)26-23-13/h5,8,11-12,14H,2-4,6-7,9-10H2,1H3,(H,21,24). The van der Waals surface area contributed by atoms with Crippen molar-refractivity contribution in [3.8, 4) is 10.6 Å². The van der Waals surface area contributed by atoms with Gasteiger partial charge >= 0.3 is 0 Å². The lowest BCUT2D eigenvalue weighted by Crippen LogP contribution is -2.29. The van der Waals surface area contributed by atoms with Gasteiger partial charge in [-0.2, -0.15) is 0 Å². The Kier molecular flexibility index (Phi) is 5.50. The number of fused-ring (bicyclic) bond motifs is 1. The third-order valence-corrected chi connectivity index (χ3v) is 5.82. The number of aryl methyl sites for hydroxylation is 1. The van der Waals surface area contributed by atoms with Crippen LogP contribution in [0, 0.1) is 6.92 Å². The van der Waals surface area contributed by atoms with E-state index in [2.05, 4.69) is 15.5 Å². The van der Waals surface area contributed by atoms with E-state index >= 15 is 0 Å². The summed E-state index contributed by atoms with van der Waals surface area (Å²) in [7, 11) is 0. The second-order valence-electron chi connectivity index (χ2n) is 6.87. The molecule has 3 aromatic heterocycles. The summed E-state index contributed by atoms with van der Waals surface area (Å²) in [5.74, 6) is -0.154. The lowest BCUT2D eigenvalue weighted by Gasteiger charge is -2.22. The number of hydrogen-bond donors (Lipinski definition) is 1. The fourth-order valence-corrected chi connectivity index (χ4v) is 4.23. The maximum absolute atomic E-state index is 12.8. The van der Waals surface area contributed by atoms with Crippen molar-refractivity contribution in [1.82, 2.24) is 15.5 Å². The molecule has 3 aromatic rings. The molecule has 0 bridgehead atoms. The van der Waals surface area contributed by atoms with E-state index < -0.39 is 0 Å². The van der Waals surface area contributed by atoms with Crippen molar-refractivity contribution < 1.29 is 14.1 Å². The molecule has 7 heteroatoms. The molecule has 0 atom stereocenters. The highest BCUT2D eigenvalue weighted by molar-refractivity contribution is 7.13. The van der Waals surface area contributed by atoms with Gasteiger partial charge in [-0.3, -0.25) is 4.79 Å². The topological polar surface area (TPSA) is 77.2 Å². The number of nitrogens with one attached hydrogen (secondary N) is 1. The molecule has 1 N–H and O–H groups in total. The summed E-state index contributed by atoms with van der Waals surface area (Å²) in [6.07, 6.45) is 6.38. The summed E-state index contributed by atoms with van der Waals surface area (Å²) in [4.78, 5) is 18.3. The SMILES string of the molecule is Cc1noc2nc(-c3cccs3)cc(C(=O)NCCOC3CCCCC3)c12. The number of carbonyl (C=O) groups is 1. The van der Waals surface area contributed by atoms with E-state index in [4.69, 9.17) is 9.26 Å². The Bertz CT molecular complexity index is 914. The molecule has 1 fully saturated rings. The number of rotatable bonds is 6. The molecule has 0 saturated heterocycles. The first-order valence-corrected chi connectivity index (χ1v) is 10.3. The number of hydrogen-bond acceptors (Lipinski definition) is 6. The predicted octanol–water partition coefficient (Wildman–Crippen LogP) is 4.34. The molecule has 27 heavy (non-hydrogen) atoms. The number of carbonyl (C=O) groups excluding carboxylic acids is 1. The summed E-state index contributed by atoms with van der Waals surface area (Å²) in [5, 5.41) is 9.59. The molecule has 3 heterocycles. The Hall–Kier alpha value is -2.25. The van der Waals surface area contributed by atoms with Crippen LogP contribution in [-0.2, 0) is 4.74 Å². The summed E-state index contributed by atoms with van der Waals surface area (Å²) in [6.45, 7) is 2.84. The Morgan fingerprint density at radius 2 is 2.22 bits per heavy atom. The van der Waals surface area contributed by atoms with Crippen molar-refractivity contribution >= 4 is 28.3 Å². The van der Waals surface area contributed by atoms with E-state index in [9.17, 15) is 4.79 Å². The molecular formula is C20H23N3O3S. The van der Waals surface area contributed by atoms with Gasteiger partial charge in [0, 0.05) is 6.54 Å². The van der Waals surface area contributed by atoms with Crippen molar-refractivity contribution in [2.75, 3.05) is 13.2 Å². The molecule has 0 spiro atoms. The average molecular weight is 385 g/mol. The minimum absolute atomic E-state index is 0.154. The minimum atomic E-state index is -0.154. The lowest BCUT2D eigenvalue weighted by atomic mass is 9.98. The molecule has 1 aliphatic carbocycles. The molecule has 0 radical (unpaired) electrons. The molecule has 1 amide bonds. The van der Waals surface area contributed by atoms with Gasteiger partial charge in [0.2, 0.25) is 0 Å². The zero-order valence-corrected chi connectivity index (χ0v) is 16.2. The van der Waals surface area contributed by atoms with E-state index in [0.717, 1.165) is 23.4 Å². The first kappa shape index (κ1) is 18.1. The minimum Gasteiger partial charge on any atom is -0.376 e. The first-order chi connectivity index (χ1) is 13.2. The van der Waals surface area contributed by atoms with Gasteiger partial charge < -0.3 is 14.6 Å². The molecule has 142 valence electrons. The zero-order chi connectivity index (χ0) is 18.6. The normalized spacial score (nSPS) is 15.3. The fourth-order valence-electron chi connectivity index (χ4n) is 3.54. The molecule has 1 saturated carbocycles. The smallest absolute Gasteiger partial charge is 0.259 e. The van der Waals surface area contributed by atoms with Gasteiger partial charge in [-0.15, -0.1) is 11.3 Å². The van der Waals surface area contributed by atoms with E-state index in [0.29, 0.717) is 41.6 Å². The largest absolute Gasteiger partial charge is 0.376 e. The third-order valence-electron chi connectivity index (χ3n) is 4.93. The van der Waals surface area contributed by atoms with Crippen LogP contribution >= 0.6 is 11.3 Å². The maximum atomic E-state index is 12.8. The summed E-state index contributed by atoms with van der Waals surface area (Å²) >= 11 is 1.57. The highest BCUT2D eigenvalue weighted by Gasteiger charge is 2.20. The second kappa shape index (κ2) is 8.19. The zero-order valence-electron chi connectivity index (χ0n) is 15.4. The number of thiophene rings is 1. The monoisotopic (exact) mass is 385 g/mol. The van der Waals surface area contributed by atoms with Crippen LogP contribution in [0.1, 0.15) is 48.2 Å². The quantitative estimate of drug-likeness (QED) is 0.639. The van der Waals surface area contributed by atoms with Crippen molar-refractivity contribution in [2.24, 2.45) is 0 Å². The van der Waals surface area contributed by atoms with Crippen LogP contribution in [0.5, 0.6) is 0 Å². The van der Waals surface area contributed by atoms with Crippen molar-refractivity contribution in [2.45, 2.75) is 45.1 Å². The molecule has 4 rings (SSSR count). The number of aromatic nitrogens is 2. The van der Waals surface area contributed by atoms with Crippen LogP contribution in [0.2, 0.25) is 0 Å². The van der Waals surface area contributed by atoms with Crippen molar-refractivity contribution in [3.63, 3.8) is 0 Å². The Balaban J connectivity index is 1.47. The molecule has 1 aliphatic rings. The average Bonchev–Trinajstić information content (AvgIpc) is 3.36. The predicted molar refractivity (Wildman–Crippen MR) is 105 cm³/mol. The number of pyridine rings is 1. The maximum Gasteiger partial charge on any atom is 0.259 e. The van der Waals surface area contributed by atoms with Crippen molar-refractivity contribution in [3.05, 3.63) is 34.8 Å². The first-order valence-electron chi connectivity index (χ1n) is 9.43. The van der Waals surface area contributed by atoms with Crippen LogP contribution in [0.25, 0.3) is 21.7 Å². The second-order valence-corrected chi connectivity index (χ2v) is 7.81. The Morgan fingerprint density at radius 1 is 1.37 bits per heavy atom. The Morgan fingerprint density at radius 3 is 3.00 bits per heavy atom. The van der Waals surface area contributed by atoms with Gasteiger partial charge in [0.05, 0.1) is 39.9 Å². The van der Waals surface area contributed by atoms with Crippen LogP contribution in [-0.4, -0.2) is 35.3 Å². The van der Waals surface area contributed by atoms with Crippen molar-refractivity contribution in [1.29, 1.82) is 0 Å². The molecule has 0 aromatic carbocycles. The van der Waals surface area contributed by atoms with E-state index in [1.807, 2.05) is 30.5 Å². The summed E-state index contributed by atoms with van der Waals surface area (Å²) in [6, 6.07) is 5.75. The van der Waals surface area contributed by atoms with Crippen LogP contribution in [0.15, 0.2) is 28.1 Å². The fraction of sp³-hybridized carbons (Fsp3) is 0.450. The van der Waals surface area contributed by atoms with Crippen LogP contribution in [0.4, 0.5) is 0 Å². The molecule has 0 unspecified atom stereocenters. The molecule has 6 nitrogen and oxygen atoms in total. The van der Waals surface area contributed by atoms with Gasteiger partial charge in [-0.25, -0.2) is 4.98 Å². The highest BCUT2D eigenvalue weighted by Crippen LogP contribution is 2.29. The van der Waals surface area contributed by atoms with E-state index in [1.165, 1.54) is 19.3 Å². The molecule has 0 aliphatic heterocycles. The lowest BCUT2D eigenvalue weighted by molar-refractivity contribution is 0.0299. The number of amides is 1. The summed E-state index contributed by atoms with van der Waals surface area (Å²) < 4.78 is 11.2. The molecular weight excluding hydrogens is 362 g/mol. The van der Waals surface area contributed by atoms with Gasteiger partial charge in [0.25, 0.3) is 11.6 Å².